The number of aromatic nitrogens is 1. The quantitative estimate of drug-likeness (QED) is 0.695. The summed E-state index contributed by atoms with van der Waals surface area (Å²) in [6.07, 6.45) is 3.69. The molecule has 0 bridgehead atoms. The first kappa shape index (κ1) is 9.87. The number of thioether (sulfide) groups is 1. The van der Waals surface area contributed by atoms with E-state index in [-0.39, 0.29) is 0 Å². The fourth-order valence-corrected chi connectivity index (χ4v) is 1.77. The highest BCUT2D eigenvalue weighted by atomic mass is 35.5. The molecule has 0 spiro atoms. The zero-order valence-electron chi connectivity index (χ0n) is 7.03. The van der Waals surface area contributed by atoms with Crippen LogP contribution in [0, 0.1) is 0 Å². The van der Waals surface area contributed by atoms with Crippen LogP contribution in [0.4, 0.5) is 0 Å². The molecule has 1 nitrogen and oxygen atoms in total. The predicted octanol–water partition coefficient (Wildman–Crippen LogP) is 2.94. The van der Waals surface area contributed by atoms with E-state index in [4.69, 9.17) is 11.6 Å². The van der Waals surface area contributed by atoms with Crippen molar-refractivity contribution in [3.05, 3.63) is 30.1 Å². The van der Waals surface area contributed by atoms with Crippen molar-refractivity contribution in [3.63, 3.8) is 0 Å². The first-order valence-corrected chi connectivity index (χ1v) is 5.47. The van der Waals surface area contributed by atoms with Gasteiger partial charge in [-0.15, -0.1) is 11.6 Å². The van der Waals surface area contributed by atoms with Gasteiger partial charge in [-0.25, -0.2) is 0 Å². The minimum absolute atomic E-state index is 0.520. The highest BCUT2D eigenvalue weighted by molar-refractivity contribution is 7.99. The van der Waals surface area contributed by atoms with Gasteiger partial charge >= 0.3 is 0 Å². The minimum Gasteiger partial charge on any atom is -0.264 e. The number of hydrogen-bond acceptors (Lipinski definition) is 2. The van der Waals surface area contributed by atoms with Crippen LogP contribution in [0.1, 0.15) is 12.5 Å². The van der Waals surface area contributed by atoms with Crippen LogP contribution in [-0.4, -0.2) is 16.1 Å². The van der Waals surface area contributed by atoms with Gasteiger partial charge in [0.05, 0.1) is 0 Å². The van der Waals surface area contributed by atoms with Crippen molar-refractivity contribution in [1.29, 1.82) is 0 Å². The lowest BCUT2D eigenvalue weighted by atomic mass is 10.3. The molecule has 0 aliphatic rings. The molecule has 0 N–H and O–H groups in total. The van der Waals surface area contributed by atoms with Gasteiger partial charge in [-0.1, -0.05) is 13.0 Å². The monoisotopic (exact) mass is 201 g/mol. The van der Waals surface area contributed by atoms with Crippen LogP contribution in [0.2, 0.25) is 0 Å². The second-order valence-corrected chi connectivity index (χ2v) is 4.37. The Morgan fingerprint density at radius 2 is 2.50 bits per heavy atom. The first-order chi connectivity index (χ1) is 5.83. The smallest absolute Gasteiger partial charge is 0.0340 e. The molecule has 1 aromatic rings. The van der Waals surface area contributed by atoms with Crippen LogP contribution in [0.3, 0.4) is 0 Å². The number of pyridine rings is 1. The van der Waals surface area contributed by atoms with Crippen molar-refractivity contribution in [2.45, 2.75) is 17.9 Å². The Morgan fingerprint density at radius 1 is 1.67 bits per heavy atom. The molecule has 12 heavy (non-hydrogen) atoms. The molecule has 0 aliphatic carbocycles. The molecule has 1 unspecified atom stereocenters. The Balaban J connectivity index is 2.33. The lowest BCUT2D eigenvalue weighted by Crippen LogP contribution is -1.97. The van der Waals surface area contributed by atoms with Crippen molar-refractivity contribution >= 4 is 23.4 Å². The standard InChI is InChI=1S/C9H12ClNS/c1-8(5-10)12-7-9-3-2-4-11-6-9/h2-4,6,8H,5,7H2,1H3. The molecule has 3 heteroatoms. The van der Waals surface area contributed by atoms with E-state index in [9.17, 15) is 0 Å². The Kier molecular flexibility index (Phi) is 4.48. The van der Waals surface area contributed by atoms with Crippen LogP contribution in [0.15, 0.2) is 24.5 Å². The third-order valence-electron chi connectivity index (χ3n) is 1.47. The van der Waals surface area contributed by atoms with Crippen molar-refractivity contribution in [3.8, 4) is 0 Å². The zero-order valence-corrected chi connectivity index (χ0v) is 8.61. The summed E-state index contributed by atoms with van der Waals surface area (Å²) in [4.78, 5) is 4.04. The maximum atomic E-state index is 5.68. The van der Waals surface area contributed by atoms with Gasteiger partial charge in [-0.3, -0.25) is 4.98 Å². The first-order valence-electron chi connectivity index (χ1n) is 3.89. The van der Waals surface area contributed by atoms with Crippen LogP contribution in [0.5, 0.6) is 0 Å². The van der Waals surface area contributed by atoms with Crippen molar-refractivity contribution in [2.75, 3.05) is 5.88 Å². The summed E-state index contributed by atoms with van der Waals surface area (Å²) >= 11 is 7.54. The second kappa shape index (κ2) is 5.44. The van der Waals surface area contributed by atoms with Gasteiger partial charge in [0.2, 0.25) is 0 Å². The molecule has 0 aromatic carbocycles. The largest absolute Gasteiger partial charge is 0.264 e. The molecule has 0 saturated carbocycles. The normalized spacial score (nSPS) is 12.8. The summed E-state index contributed by atoms with van der Waals surface area (Å²) in [5.74, 6) is 1.71. The molecule has 0 aliphatic heterocycles. The topological polar surface area (TPSA) is 12.9 Å². The molecule has 0 radical (unpaired) electrons. The molecule has 0 saturated heterocycles. The van der Waals surface area contributed by atoms with E-state index in [1.165, 1.54) is 5.56 Å². The Labute approximate surface area is 82.5 Å². The van der Waals surface area contributed by atoms with E-state index in [0.717, 1.165) is 5.75 Å². The molecule has 1 rings (SSSR count). The van der Waals surface area contributed by atoms with Crippen molar-refractivity contribution in [1.82, 2.24) is 4.98 Å². The average Bonchev–Trinajstić information content (AvgIpc) is 2.16. The summed E-state index contributed by atoms with van der Waals surface area (Å²) in [5.41, 5.74) is 1.26. The fourth-order valence-electron chi connectivity index (χ4n) is 0.767. The third kappa shape index (κ3) is 3.46. The number of hydrogen-bond donors (Lipinski definition) is 0. The van der Waals surface area contributed by atoms with Gasteiger partial charge in [0, 0.05) is 29.3 Å². The van der Waals surface area contributed by atoms with Crippen molar-refractivity contribution < 1.29 is 0 Å². The summed E-state index contributed by atoms with van der Waals surface area (Å²) < 4.78 is 0. The summed E-state index contributed by atoms with van der Waals surface area (Å²) in [6, 6.07) is 4.04. The van der Waals surface area contributed by atoms with Gasteiger partial charge in [-0.05, 0) is 11.6 Å². The number of nitrogens with zero attached hydrogens (tertiary/aromatic N) is 1. The van der Waals surface area contributed by atoms with E-state index < -0.39 is 0 Å². The molecule has 1 aromatic heterocycles. The maximum Gasteiger partial charge on any atom is 0.0340 e. The van der Waals surface area contributed by atoms with Crippen LogP contribution < -0.4 is 0 Å². The van der Waals surface area contributed by atoms with Gasteiger partial charge in [-0.2, -0.15) is 11.8 Å². The van der Waals surface area contributed by atoms with Crippen LogP contribution in [0.25, 0.3) is 0 Å². The zero-order chi connectivity index (χ0) is 8.81. The molecule has 66 valence electrons. The fraction of sp³-hybridized carbons (Fsp3) is 0.444. The van der Waals surface area contributed by atoms with Crippen LogP contribution in [-0.2, 0) is 5.75 Å². The summed E-state index contributed by atoms with van der Waals surface area (Å²) in [6.45, 7) is 2.13. The van der Waals surface area contributed by atoms with E-state index in [2.05, 4.69) is 18.0 Å². The van der Waals surface area contributed by atoms with Gasteiger partial charge in [0.25, 0.3) is 0 Å². The Morgan fingerprint density at radius 3 is 3.08 bits per heavy atom. The Hall–Kier alpha value is -0.210. The number of rotatable bonds is 4. The van der Waals surface area contributed by atoms with Gasteiger partial charge in [0.1, 0.15) is 0 Å². The number of halogens is 1. The summed E-state index contributed by atoms with van der Waals surface area (Å²) in [5, 5.41) is 0.520. The van der Waals surface area contributed by atoms with Crippen molar-refractivity contribution in [2.24, 2.45) is 0 Å². The maximum absolute atomic E-state index is 5.68. The van der Waals surface area contributed by atoms with E-state index >= 15 is 0 Å². The molecular formula is C9H12ClNS. The Bertz CT molecular complexity index is 215. The molecule has 0 amide bonds. The SMILES string of the molecule is CC(CCl)SCc1cccnc1. The lowest BCUT2D eigenvalue weighted by Gasteiger charge is -2.05. The lowest BCUT2D eigenvalue weighted by molar-refractivity contribution is 1.11. The average molecular weight is 202 g/mol. The molecule has 0 fully saturated rings. The number of alkyl halides is 1. The van der Waals surface area contributed by atoms with Gasteiger partial charge < -0.3 is 0 Å². The second-order valence-electron chi connectivity index (χ2n) is 2.64. The predicted molar refractivity (Wildman–Crippen MR) is 55.7 cm³/mol. The van der Waals surface area contributed by atoms with Gasteiger partial charge in [0.15, 0.2) is 0 Å². The molecular weight excluding hydrogens is 190 g/mol. The van der Waals surface area contributed by atoms with Crippen LogP contribution >= 0.6 is 23.4 Å². The minimum atomic E-state index is 0.520. The molecule has 1 heterocycles. The highest BCUT2D eigenvalue weighted by Crippen LogP contribution is 2.17. The van der Waals surface area contributed by atoms with E-state index in [1.807, 2.05) is 24.0 Å². The molecule has 1 atom stereocenters. The summed E-state index contributed by atoms with van der Waals surface area (Å²) in [7, 11) is 0. The van der Waals surface area contributed by atoms with E-state index in [0.29, 0.717) is 11.1 Å². The third-order valence-corrected chi connectivity index (χ3v) is 3.36. The van der Waals surface area contributed by atoms with E-state index in [1.54, 1.807) is 6.20 Å². The highest BCUT2D eigenvalue weighted by Gasteiger charge is 2.00.